The molecule has 0 radical (unpaired) electrons. The molecular weight excluding hydrogens is 313 g/mol. The first kappa shape index (κ1) is 15.7. The average Bonchev–Trinajstić information content (AvgIpc) is 3.04. The average molecular weight is 327 g/mol. The van der Waals surface area contributed by atoms with Crippen molar-refractivity contribution in [3.05, 3.63) is 65.6 Å². The number of rotatable bonds is 5. The molecule has 0 bridgehead atoms. The number of carbonyl (C=O) groups is 2. The highest BCUT2D eigenvalue weighted by Crippen LogP contribution is 2.16. The Morgan fingerprint density at radius 1 is 1.21 bits per heavy atom. The Morgan fingerprint density at radius 2 is 1.96 bits per heavy atom. The monoisotopic (exact) mass is 327 g/mol. The molecule has 2 aromatic carbocycles. The lowest BCUT2D eigenvalue weighted by molar-refractivity contribution is -0.139. The lowest BCUT2D eigenvalue weighted by Crippen LogP contribution is -2.42. The number of aromatic amines is 1. The standard InChI is InChI=1S/C17H14FN3O3/c18-12-6-4-10(5-7-12)8-14(17(23)24)20-16(22)13-3-1-2-11-9-19-21-15(11)13/h1-7,9,14H,8H2,(H,19,21)(H,20,22)(H,23,24). The van der Waals surface area contributed by atoms with E-state index in [4.69, 9.17) is 0 Å². The van der Waals surface area contributed by atoms with Gasteiger partial charge in [-0.05, 0) is 23.8 Å². The molecule has 1 aromatic heterocycles. The lowest BCUT2D eigenvalue weighted by Gasteiger charge is -2.15. The second-order valence-electron chi connectivity index (χ2n) is 5.33. The molecule has 1 heterocycles. The summed E-state index contributed by atoms with van der Waals surface area (Å²) in [5, 5.41) is 19.2. The summed E-state index contributed by atoms with van der Waals surface area (Å²) in [5.74, 6) is -2.08. The SMILES string of the molecule is O=C(NC(Cc1ccc(F)cc1)C(=O)O)c1cccc2cn[nH]c12. The largest absolute Gasteiger partial charge is 0.480 e. The number of carboxylic acid groups (broad SMARTS) is 1. The summed E-state index contributed by atoms with van der Waals surface area (Å²) in [6.45, 7) is 0. The number of amides is 1. The third-order valence-corrected chi connectivity index (χ3v) is 3.68. The maximum atomic E-state index is 12.9. The van der Waals surface area contributed by atoms with Crippen molar-refractivity contribution in [3.63, 3.8) is 0 Å². The number of H-pyrrole nitrogens is 1. The zero-order valence-corrected chi connectivity index (χ0v) is 12.5. The van der Waals surface area contributed by atoms with E-state index >= 15 is 0 Å². The molecule has 0 saturated carbocycles. The van der Waals surface area contributed by atoms with Gasteiger partial charge >= 0.3 is 5.97 Å². The fourth-order valence-electron chi connectivity index (χ4n) is 2.45. The minimum Gasteiger partial charge on any atom is -0.480 e. The van der Waals surface area contributed by atoms with E-state index in [0.717, 1.165) is 5.39 Å². The number of halogens is 1. The van der Waals surface area contributed by atoms with Gasteiger partial charge in [-0.25, -0.2) is 9.18 Å². The first-order chi connectivity index (χ1) is 11.5. The Labute approximate surface area is 136 Å². The molecule has 0 aliphatic heterocycles. The Bertz CT molecular complexity index is 889. The van der Waals surface area contributed by atoms with E-state index in [2.05, 4.69) is 15.5 Å². The van der Waals surface area contributed by atoms with Crippen molar-refractivity contribution in [2.45, 2.75) is 12.5 Å². The number of hydrogen-bond donors (Lipinski definition) is 3. The van der Waals surface area contributed by atoms with Gasteiger partial charge in [-0.1, -0.05) is 24.3 Å². The van der Waals surface area contributed by atoms with Gasteiger partial charge in [0, 0.05) is 11.8 Å². The molecule has 24 heavy (non-hydrogen) atoms. The normalized spacial score (nSPS) is 12.0. The van der Waals surface area contributed by atoms with Crippen LogP contribution < -0.4 is 5.32 Å². The number of aromatic nitrogens is 2. The molecule has 6 nitrogen and oxygen atoms in total. The predicted molar refractivity (Wildman–Crippen MR) is 85.1 cm³/mol. The Morgan fingerprint density at radius 3 is 2.67 bits per heavy atom. The highest BCUT2D eigenvalue weighted by molar-refractivity contribution is 6.06. The highest BCUT2D eigenvalue weighted by Gasteiger charge is 2.22. The summed E-state index contributed by atoms with van der Waals surface area (Å²) < 4.78 is 12.9. The zero-order valence-electron chi connectivity index (χ0n) is 12.5. The minimum absolute atomic E-state index is 0.0559. The number of fused-ring (bicyclic) bond motifs is 1. The fraction of sp³-hybridized carbons (Fsp3) is 0.118. The van der Waals surface area contributed by atoms with Gasteiger partial charge in [0.15, 0.2) is 0 Å². The molecule has 1 atom stereocenters. The number of nitrogens with one attached hydrogen (secondary N) is 2. The number of benzene rings is 2. The Hall–Kier alpha value is -3.22. The van der Waals surface area contributed by atoms with Crippen LogP contribution in [-0.4, -0.2) is 33.2 Å². The maximum absolute atomic E-state index is 12.9. The van der Waals surface area contributed by atoms with Crippen molar-refractivity contribution >= 4 is 22.8 Å². The molecule has 0 aliphatic carbocycles. The molecule has 122 valence electrons. The van der Waals surface area contributed by atoms with Crippen LogP contribution in [0.5, 0.6) is 0 Å². The van der Waals surface area contributed by atoms with Crippen molar-refractivity contribution < 1.29 is 19.1 Å². The van der Waals surface area contributed by atoms with Crippen molar-refractivity contribution in [1.82, 2.24) is 15.5 Å². The smallest absolute Gasteiger partial charge is 0.326 e. The van der Waals surface area contributed by atoms with Crippen LogP contribution in [0.15, 0.2) is 48.7 Å². The van der Waals surface area contributed by atoms with Gasteiger partial charge in [-0.3, -0.25) is 9.89 Å². The van der Waals surface area contributed by atoms with Gasteiger partial charge < -0.3 is 10.4 Å². The van der Waals surface area contributed by atoms with Crippen molar-refractivity contribution in [2.24, 2.45) is 0 Å². The van der Waals surface area contributed by atoms with Crippen LogP contribution in [0.25, 0.3) is 10.9 Å². The molecule has 0 fully saturated rings. The summed E-state index contributed by atoms with van der Waals surface area (Å²) in [4.78, 5) is 23.9. The third kappa shape index (κ3) is 3.24. The zero-order chi connectivity index (χ0) is 17.1. The molecule has 1 amide bonds. The third-order valence-electron chi connectivity index (χ3n) is 3.68. The van der Waals surface area contributed by atoms with Gasteiger partial charge in [0.05, 0.1) is 17.3 Å². The lowest BCUT2D eigenvalue weighted by atomic mass is 10.0. The highest BCUT2D eigenvalue weighted by atomic mass is 19.1. The number of nitrogens with zero attached hydrogens (tertiary/aromatic N) is 1. The van der Waals surface area contributed by atoms with E-state index in [1.807, 2.05) is 0 Å². The topological polar surface area (TPSA) is 95.1 Å². The van der Waals surface area contributed by atoms with Crippen molar-refractivity contribution in [1.29, 1.82) is 0 Å². The molecular formula is C17H14FN3O3. The molecule has 1 unspecified atom stereocenters. The predicted octanol–water partition coefficient (Wildman–Crippen LogP) is 2.13. The Kier molecular flexibility index (Phi) is 4.24. The van der Waals surface area contributed by atoms with Gasteiger partial charge in [0.1, 0.15) is 11.9 Å². The maximum Gasteiger partial charge on any atom is 0.326 e. The summed E-state index contributed by atoms with van der Waals surface area (Å²) >= 11 is 0. The van der Waals surface area contributed by atoms with Crippen LogP contribution in [0.1, 0.15) is 15.9 Å². The van der Waals surface area contributed by atoms with E-state index in [-0.39, 0.29) is 6.42 Å². The van der Waals surface area contributed by atoms with Crippen LogP contribution in [0.2, 0.25) is 0 Å². The van der Waals surface area contributed by atoms with E-state index in [1.54, 1.807) is 24.4 Å². The summed E-state index contributed by atoms with van der Waals surface area (Å²) in [6, 6.07) is 9.45. The molecule has 0 aliphatic rings. The first-order valence-corrected chi connectivity index (χ1v) is 7.25. The van der Waals surface area contributed by atoms with E-state index < -0.39 is 23.7 Å². The van der Waals surface area contributed by atoms with Crippen LogP contribution in [0.3, 0.4) is 0 Å². The number of carboxylic acids is 1. The molecule has 0 spiro atoms. The first-order valence-electron chi connectivity index (χ1n) is 7.25. The van der Waals surface area contributed by atoms with E-state index in [0.29, 0.717) is 16.6 Å². The van der Waals surface area contributed by atoms with Gasteiger partial charge in [-0.15, -0.1) is 0 Å². The number of para-hydroxylation sites is 1. The van der Waals surface area contributed by atoms with E-state index in [1.165, 1.54) is 24.3 Å². The molecule has 3 N–H and O–H groups in total. The molecule has 7 heteroatoms. The van der Waals surface area contributed by atoms with Crippen LogP contribution in [-0.2, 0) is 11.2 Å². The second kappa shape index (κ2) is 6.49. The summed E-state index contributed by atoms with van der Waals surface area (Å²) in [6.07, 6.45) is 1.64. The number of carbonyl (C=O) groups excluding carboxylic acids is 1. The van der Waals surface area contributed by atoms with Crippen LogP contribution in [0.4, 0.5) is 4.39 Å². The summed E-state index contributed by atoms with van der Waals surface area (Å²) in [5.41, 5.74) is 1.47. The van der Waals surface area contributed by atoms with Gasteiger partial charge in [0.2, 0.25) is 0 Å². The van der Waals surface area contributed by atoms with Crippen LogP contribution in [0, 0.1) is 5.82 Å². The fourth-order valence-corrected chi connectivity index (χ4v) is 2.45. The van der Waals surface area contributed by atoms with E-state index in [9.17, 15) is 19.1 Å². The Balaban J connectivity index is 1.80. The van der Waals surface area contributed by atoms with Crippen molar-refractivity contribution in [2.75, 3.05) is 0 Å². The minimum atomic E-state index is -1.16. The second-order valence-corrected chi connectivity index (χ2v) is 5.33. The summed E-state index contributed by atoms with van der Waals surface area (Å²) in [7, 11) is 0. The quantitative estimate of drug-likeness (QED) is 0.669. The number of hydrogen-bond acceptors (Lipinski definition) is 3. The van der Waals surface area contributed by atoms with Crippen molar-refractivity contribution in [3.8, 4) is 0 Å². The van der Waals surface area contributed by atoms with Gasteiger partial charge in [0.25, 0.3) is 5.91 Å². The molecule has 3 rings (SSSR count). The molecule has 0 saturated heterocycles. The van der Waals surface area contributed by atoms with Crippen LogP contribution >= 0.6 is 0 Å². The number of aliphatic carboxylic acids is 1. The van der Waals surface area contributed by atoms with Gasteiger partial charge in [-0.2, -0.15) is 5.10 Å². The molecule has 3 aromatic rings.